The number of methoxy groups -OCH3 is 1. The van der Waals surface area contributed by atoms with Crippen LogP contribution in [0, 0.1) is 5.92 Å². The molecule has 7 nitrogen and oxygen atoms in total. The Morgan fingerprint density at radius 1 is 1.27 bits per heavy atom. The number of amides is 1. The maximum atomic E-state index is 12.4. The fourth-order valence-corrected chi connectivity index (χ4v) is 5.06. The summed E-state index contributed by atoms with van der Waals surface area (Å²) in [6, 6.07) is 0. The van der Waals surface area contributed by atoms with E-state index in [0.717, 1.165) is 58.1 Å². The molecule has 1 aliphatic carbocycles. The molecule has 1 amide bonds. The Bertz CT molecular complexity index is 617. The smallest absolute Gasteiger partial charge is 0.407 e. The monoisotopic (exact) mass is 424 g/mol. The van der Waals surface area contributed by atoms with Gasteiger partial charge in [0, 0.05) is 13.7 Å². The van der Waals surface area contributed by atoms with Crippen LogP contribution in [0.4, 0.5) is 4.79 Å². The van der Waals surface area contributed by atoms with Gasteiger partial charge in [-0.25, -0.2) is 4.79 Å². The van der Waals surface area contributed by atoms with Crippen LogP contribution in [0.15, 0.2) is 11.6 Å². The lowest BCUT2D eigenvalue weighted by Gasteiger charge is -2.42. The third-order valence-electron chi connectivity index (χ3n) is 6.90. The first-order valence-electron chi connectivity index (χ1n) is 11.5. The first-order valence-corrected chi connectivity index (χ1v) is 11.5. The zero-order chi connectivity index (χ0) is 21.8. The van der Waals surface area contributed by atoms with E-state index in [2.05, 4.69) is 32.2 Å². The number of hydrogen-bond donors (Lipinski definition) is 2. The zero-order valence-electron chi connectivity index (χ0n) is 19.1. The largest absolute Gasteiger partial charge is 0.443 e. The number of unbranched alkanes of at least 4 members (excludes halogenated alkanes) is 3. The van der Waals surface area contributed by atoms with Gasteiger partial charge in [-0.3, -0.25) is 0 Å². The molecule has 1 saturated carbocycles. The maximum absolute atomic E-state index is 12.4. The van der Waals surface area contributed by atoms with E-state index in [0.29, 0.717) is 6.54 Å². The fraction of sp³-hybridized carbons (Fsp3) is 0.870. The van der Waals surface area contributed by atoms with Crippen molar-refractivity contribution >= 4 is 6.09 Å². The minimum atomic E-state index is -0.366. The Kier molecular flexibility index (Phi) is 7.82. The molecule has 2 heterocycles. The summed E-state index contributed by atoms with van der Waals surface area (Å²) in [6.45, 7) is 8.43. The predicted molar refractivity (Wildman–Crippen MR) is 115 cm³/mol. The molecule has 0 aromatic heterocycles. The van der Waals surface area contributed by atoms with Gasteiger partial charge in [-0.2, -0.15) is 0 Å². The van der Waals surface area contributed by atoms with Gasteiger partial charge in [-0.1, -0.05) is 24.5 Å². The number of epoxide rings is 2. The van der Waals surface area contributed by atoms with Crippen LogP contribution in [0.3, 0.4) is 0 Å². The van der Waals surface area contributed by atoms with Crippen LogP contribution in [-0.2, 0) is 18.9 Å². The first kappa shape index (κ1) is 23.5. The highest BCUT2D eigenvalue weighted by molar-refractivity contribution is 5.67. The summed E-state index contributed by atoms with van der Waals surface area (Å²) in [5.41, 5.74) is 6.28. The molecule has 2 saturated heterocycles. The maximum Gasteiger partial charge on any atom is 0.407 e. The van der Waals surface area contributed by atoms with Gasteiger partial charge >= 0.3 is 6.09 Å². The van der Waals surface area contributed by atoms with Crippen LogP contribution in [0.2, 0.25) is 0 Å². The quantitative estimate of drug-likeness (QED) is 0.300. The molecule has 3 fully saturated rings. The van der Waals surface area contributed by atoms with E-state index >= 15 is 0 Å². The van der Waals surface area contributed by atoms with Gasteiger partial charge in [-0.15, -0.1) is 0 Å². The number of rotatable bonds is 11. The summed E-state index contributed by atoms with van der Waals surface area (Å²) in [6.07, 6.45) is 8.09. The molecule has 30 heavy (non-hydrogen) atoms. The van der Waals surface area contributed by atoms with Crippen molar-refractivity contribution in [1.29, 1.82) is 0 Å². The van der Waals surface area contributed by atoms with Gasteiger partial charge < -0.3 is 30.0 Å². The van der Waals surface area contributed by atoms with Gasteiger partial charge in [0.05, 0.1) is 18.6 Å². The number of ether oxygens (including phenoxy) is 4. The summed E-state index contributed by atoms with van der Waals surface area (Å²) in [7, 11) is 1.70. The molecule has 3 aliphatic rings. The Morgan fingerprint density at radius 2 is 2.00 bits per heavy atom. The zero-order valence-corrected chi connectivity index (χ0v) is 19.1. The molecule has 0 aromatic rings. The second-order valence-corrected chi connectivity index (χ2v) is 9.45. The topological polar surface area (TPSA) is 98.6 Å². The molecule has 7 heteroatoms. The molecular formula is C23H40N2O5. The highest BCUT2D eigenvalue weighted by Crippen LogP contribution is 2.59. The van der Waals surface area contributed by atoms with E-state index in [9.17, 15) is 4.79 Å². The second-order valence-electron chi connectivity index (χ2n) is 9.45. The highest BCUT2D eigenvalue weighted by Gasteiger charge is 2.72. The lowest BCUT2D eigenvalue weighted by Crippen LogP contribution is -2.56. The minimum Gasteiger partial charge on any atom is -0.443 e. The van der Waals surface area contributed by atoms with Crippen LogP contribution < -0.4 is 11.1 Å². The number of nitrogens with one attached hydrogen (secondary N) is 1. The van der Waals surface area contributed by atoms with E-state index in [1.165, 1.54) is 5.57 Å². The predicted octanol–water partition coefficient (Wildman–Crippen LogP) is 3.31. The normalized spacial score (nSPS) is 37.0. The van der Waals surface area contributed by atoms with Crippen molar-refractivity contribution < 1.29 is 23.7 Å². The van der Waals surface area contributed by atoms with Crippen LogP contribution in [-0.4, -0.2) is 62.4 Å². The van der Waals surface area contributed by atoms with Gasteiger partial charge in [0.25, 0.3) is 0 Å². The number of alkyl carbamates (subject to hydrolysis) is 1. The van der Waals surface area contributed by atoms with Gasteiger partial charge in [0.1, 0.15) is 23.4 Å². The van der Waals surface area contributed by atoms with Crippen molar-refractivity contribution in [2.45, 2.75) is 95.2 Å². The molecule has 6 atom stereocenters. The van der Waals surface area contributed by atoms with E-state index < -0.39 is 0 Å². The number of nitrogens with two attached hydrogens (primary N) is 1. The second kappa shape index (κ2) is 9.98. The molecule has 0 bridgehead atoms. The summed E-state index contributed by atoms with van der Waals surface area (Å²) in [4.78, 5) is 12.4. The van der Waals surface area contributed by atoms with E-state index in [4.69, 9.17) is 24.7 Å². The number of carbonyl (C=O) groups excluding carboxylic acids is 1. The van der Waals surface area contributed by atoms with E-state index in [1.54, 1.807) is 7.11 Å². The SMILES string of the molecule is COC1C(OC(=O)NCCCCCCN)CC[C@]2(CO2)C1[C@]1(C)O[C@@H]1CC=C(C)C. The van der Waals surface area contributed by atoms with Gasteiger partial charge in [-0.05, 0) is 59.4 Å². The molecule has 172 valence electrons. The van der Waals surface area contributed by atoms with Crippen LogP contribution >= 0.6 is 0 Å². The lowest BCUT2D eigenvalue weighted by molar-refractivity contribution is -0.118. The average molecular weight is 425 g/mol. The molecule has 3 N–H and O–H groups in total. The molecule has 0 aromatic carbocycles. The summed E-state index contributed by atoms with van der Waals surface area (Å²) < 4.78 is 23.9. The van der Waals surface area contributed by atoms with Gasteiger partial charge in [0.2, 0.25) is 0 Å². The van der Waals surface area contributed by atoms with Crippen molar-refractivity contribution in [2.75, 3.05) is 26.8 Å². The van der Waals surface area contributed by atoms with E-state index in [-0.39, 0.29) is 41.5 Å². The van der Waals surface area contributed by atoms with E-state index in [1.807, 2.05) is 0 Å². The number of allylic oxidation sites excluding steroid dienone is 1. The summed E-state index contributed by atoms with van der Waals surface area (Å²) >= 11 is 0. The number of hydrogen-bond acceptors (Lipinski definition) is 6. The Hall–Kier alpha value is -1.15. The van der Waals surface area contributed by atoms with Crippen LogP contribution in [0.1, 0.15) is 65.7 Å². The molecular weight excluding hydrogens is 384 g/mol. The van der Waals surface area contributed by atoms with Crippen LogP contribution in [0.5, 0.6) is 0 Å². The highest BCUT2D eigenvalue weighted by atomic mass is 16.6. The first-order chi connectivity index (χ1) is 14.4. The summed E-state index contributed by atoms with van der Waals surface area (Å²) in [5.74, 6) is 0.0494. The fourth-order valence-electron chi connectivity index (χ4n) is 5.06. The molecule has 0 radical (unpaired) electrons. The minimum absolute atomic E-state index is 0.0494. The Morgan fingerprint density at radius 3 is 2.63 bits per heavy atom. The standard InChI is InChI=1S/C23H40N2O5/c1-16(2)9-10-18-22(3,30-18)20-19(27-4)17(11-12-23(20)15-28-23)29-21(26)25-14-8-6-5-7-13-24/h9,17-20H,5-8,10-15,24H2,1-4H3,(H,25,26)/t17?,18-,19?,20?,22-,23+/m1/s1. The molecule has 2 aliphatic heterocycles. The third kappa shape index (κ3) is 5.36. The van der Waals surface area contributed by atoms with Crippen molar-refractivity contribution in [1.82, 2.24) is 5.32 Å². The molecule has 3 unspecified atom stereocenters. The Balaban J connectivity index is 1.56. The van der Waals surface area contributed by atoms with Crippen molar-refractivity contribution in [2.24, 2.45) is 11.7 Å². The van der Waals surface area contributed by atoms with Crippen molar-refractivity contribution in [3.8, 4) is 0 Å². The average Bonchev–Trinajstić information content (AvgIpc) is 3.62. The van der Waals surface area contributed by atoms with Gasteiger partial charge in [0.15, 0.2) is 0 Å². The molecule has 3 rings (SSSR count). The van der Waals surface area contributed by atoms with Crippen molar-refractivity contribution in [3.63, 3.8) is 0 Å². The molecule has 1 spiro atoms. The Labute approximate surface area is 181 Å². The van der Waals surface area contributed by atoms with Crippen molar-refractivity contribution in [3.05, 3.63) is 11.6 Å². The third-order valence-corrected chi connectivity index (χ3v) is 6.90. The number of carbonyl (C=O) groups is 1. The summed E-state index contributed by atoms with van der Waals surface area (Å²) in [5, 5.41) is 2.88. The lowest BCUT2D eigenvalue weighted by atomic mass is 9.68. The van der Waals surface area contributed by atoms with Crippen LogP contribution in [0.25, 0.3) is 0 Å².